The van der Waals surface area contributed by atoms with Gasteiger partial charge in [-0.1, -0.05) is 12.1 Å². The summed E-state index contributed by atoms with van der Waals surface area (Å²) >= 11 is 0. The van der Waals surface area contributed by atoms with Crippen LogP contribution in [0.2, 0.25) is 0 Å². The van der Waals surface area contributed by atoms with E-state index in [1.165, 1.54) is 0 Å². The molecule has 1 saturated heterocycles. The molecule has 2 amide bonds. The van der Waals surface area contributed by atoms with Crippen molar-refractivity contribution < 1.29 is 14.3 Å². The summed E-state index contributed by atoms with van der Waals surface area (Å²) in [6.07, 6.45) is -0.00924. The van der Waals surface area contributed by atoms with Crippen LogP contribution in [0.4, 0.5) is 4.79 Å². The number of nitrogens with zero attached hydrogens (tertiary/aromatic N) is 2. The van der Waals surface area contributed by atoms with Crippen LogP contribution in [0.1, 0.15) is 38.3 Å². The van der Waals surface area contributed by atoms with Crippen LogP contribution in [0.5, 0.6) is 0 Å². The standard InChI is InChI=1S/C17H21N3O3/c1-17(2,3)23-16(22)19-14-8-9-20(15(14)21)11-13-6-4-12(10-18)5-7-13/h4-7,14H,8-9,11H2,1-3H3,(H,19,22)/t14-/m0/s1. The van der Waals surface area contributed by atoms with Gasteiger partial charge >= 0.3 is 6.09 Å². The molecule has 0 bridgehead atoms. The maximum atomic E-state index is 12.3. The third kappa shape index (κ3) is 4.71. The average Bonchev–Trinajstić information content (AvgIpc) is 2.79. The molecule has 1 fully saturated rings. The molecule has 0 saturated carbocycles. The number of hydrogen-bond donors (Lipinski definition) is 1. The molecule has 0 radical (unpaired) electrons. The number of amides is 2. The van der Waals surface area contributed by atoms with E-state index in [9.17, 15) is 9.59 Å². The number of hydrogen-bond acceptors (Lipinski definition) is 4. The monoisotopic (exact) mass is 315 g/mol. The van der Waals surface area contributed by atoms with Crippen LogP contribution in [0.3, 0.4) is 0 Å². The second-order valence-electron chi connectivity index (χ2n) is 6.56. The number of benzene rings is 1. The molecule has 1 aliphatic rings. The Bertz CT molecular complexity index is 626. The molecule has 0 unspecified atom stereocenters. The third-order valence-corrected chi connectivity index (χ3v) is 3.44. The Morgan fingerprint density at radius 2 is 2.04 bits per heavy atom. The Morgan fingerprint density at radius 3 is 2.61 bits per heavy atom. The zero-order valence-corrected chi connectivity index (χ0v) is 13.6. The predicted molar refractivity (Wildman–Crippen MR) is 84.3 cm³/mol. The number of nitriles is 1. The van der Waals surface area contributed by atoms with Crippen LogP contribution in [-0.4, -0.2) is 35.1 Å². The maximum absolute atomic E-state index is 12.3. The lowest BCUT2D eigenvalue weighted by atomic mass is 10.1. The highest BCUT2D eigenvalue weighted by Gasteiger charge is 2.33. The van der Waals surface area contributed by atoms with Gasteiger partial charge in [-0.15, -0.1) is 0 Å². The van der Waals surface area contributed by atoms with Crippen LogP contribution < -0.4 is 5.32 Å². The van der Waals surface area contributed by atoms with E-state index in [2.05, 4.69) is 11.4 Å². The minimum absolute atomic E-state index is 0.111. The van der Waals surface area contributed by atoms with Crippen LogP contribution in [0.15, 0.2) is 24.3 Å². The van der Waals surface area contributed by atoms with E-state index in [4.69, 9.17) is 10.00 Å². The molecular weight excluding hydrogens is 294 g/mol. The summed E-state index contributed by atoms with van der Waals surface area (Å²) in [7, 11) is 0. The lowest BCUT2D eigenvalue weighted by Crippen LogP contribution is -2.43. The van der Waals surface area contributed by atoms with Gasteiger partial charge in [-0.2, -0.15) is 5.26 Å². The molecule has 1 N–H and O–H groups in total. The quantitative estimate of drug-likeness (QED) is 0.927. The van der Waals surface area contributed by atoms with Crippen LogP contribution in [-0.2, 0) is 16.1 Å². The molecular formula is C17H21N3O3. The number of carbonyl (C=O) groups excluding carboxylic acids is 2. The average molecular weight is 315 g/mol. The van der Waals surface area contributed by atoms with Gasteiger partial charge < -0.3 is 15.0 Å². The highest BCUT2D eigenvalue weighted by Crippen LogP contribution is 2.16. The number of nitrogens with one attached hydrogen (secondary N) is 1. The highest BCUT2D eigenvalue weighted by molar-refractivity contribution is 5.87. The van der Waals surface area contributed by atoms with Gasteiger partial charge in [0, 0.05) is 13.1 Å². The molecule has 23 heavy (non-hydrogen) atoms. The molecule has 6 heteroatoms. The molecule has 0 aromatic heterocycles. The number of ether oxygens (including phenoxy) is 1. The normalized spacial score (nSPS) is 17.7. The first-order valence-corrected chi connectivity index (χ1v) is 7.56. The molecule has 1 aromatic rings. The minimum Gasteiger partial charge on any atom is -0.444 e. The van der Waals surface area contributed by atoms with Crippen molar-refractivity contribution in [2.45, 2.75) is 45.4 Å². The number of rotatable bonds is 3. The van der Waals surface area contributed by atoms with E-state index >= 15 is 0 Å². The molecule has 0 spiro atoms. The van der Waals surface area contributed by atoms with Gasteiger partial charge in [-0.05, 0) is 44.9 Å². The Balaban J connectivity index is 1.91. The Kier molecular flexibility index (Phi) is 4.89. The van der Waals surface area contributed by atoms with Crippen molar-refractivity contribution >= 4 is 12.0 Å². The van der Waals surface area contributed by atoms with Gasteiger partial charge in [0.05, 0.1) is 11.6 Å². The number of carbonyl (C=O) groups is 2. The zero-order chi connectivity index (χ0) is 17.0. The summed E-state index contributed by atoms with van der Waals surface area (Å²) in [5, 5.41) is 11.4. The van der Waals surface area contributed by atoms with Gasteiger partial charge in [-0.3, -0.25) is 4.79 Å². The third-order valence-electron chi connectivity index (χ3n) is 3.44. The Morgan fingerprint density at radius 1 is 1.39 bits per heavy atom. The topological polar surface area (TPSA) is 82.4 Å². The van der Waals surface area contributed by atoms with E-state index in [0.29, 0.717) is 25.1 Å². The SMILES string of the molecule is CC(C)(C)OC(=O)N[C@H]1CCN(Cc2ccc(C#N)cc2)C1=O. The molecule has 1 aromatic carbocycles. The Hall–Kier alpha value is -2.55. The first-order chi connectivity index (χ1) is 10.8. The molecule has 1 atom stereocenters. The van der Waals surface area contributed by atoms with Crippen molar-refractivity contribution in [3.63, 3.8) is 0 Å². The molecule has 122 valence electrons. The van der Waals surface area contributed by atoms with E-state index < -0.39 is 17.7 Å². The molecule has 0 aliphatic carbocycles. The molecule has 2 rings (SSSR count). The molecule has 1 aliphatic heterocycles. The van der Waals surface area contributed by atoms with Gasteiger partial charge in [0.1, 0.15) is 11.6 Å². The minimum atomic E-state index is -0.589. The van der Waals surface area contributed by atoms with Crippen molar-refractivity contribution in [3.05, 3.63) is 35.4 Å². The van der Waals surface area contributed by atoms with E-state index in [0.717, 1.165) is 5.56 Å². The molecule has 1 heterocycles. The number of alkyl carbamates (subject to hydrolysis) is 1. The largest absolute Gasteiger partial charge is 0.444 e. The summed E-state index contributed by atoms with van der Waals surface area (Å²) in [5.41, 5.74) is 0.953. The summed E-state index contributed by atoms with van der Waals surface area (Å²) in [6, 6.07) is 8.65. The van der Waals surface area contributed by atoms with Gasteiger partial charge in [0.15, 0.2) is 0 Å². The second kappa shape index (κ2) is 6.69. The zero-order valence-electron chi connectivity index (χ0n) is 13.6. The van der Waals surface area contributed by atoms with Gasteiger partial charge in [0.2, 0.25) is 5.91 Å². The van der Waals surface area contributed by atoms with Crippen molar-refractivity contribution in [3.8, 4) is 6.07 Å². The van der Waals surface area contributed by atoms with Crippen molar-refractivity contribution in [2.75, 3.05) is 6.54 Å². The van der Waals surface area contributed by atoms with E-state index in [1.807, 2.05) is 12.1 Å². The van der Waals surface area contributed by atoms with E-state index in [-0.39, 0.29) is 5.91 Å². The first-order valence-electron chi connectivity index (χ1n) is 7.56. The molecule has 6 nitrogen and oxygen atoms in total. The number of likely N-dealkylation sites (tertiary alicyclic amines) is 1. The fourth-order valence-electron chi connectivity index (χ4n) is 2.38. The predicted octanol–water partition coefficient (Wildman–Crippen LogP) is 2.18. The second-order valence-corrected chi connectivity index (χ2v) is 6.56. The van der Waals surface area contributed by atoms with Crippen LogP contribution >= 0.6 is 0 Å². The summed E-state index contributed by atoms with van der Waals surface area (Å²) in [5.74, 6) is -0.111. The summed E-state index contributed by atoms with van der Waals surface area (Å²) in [6.45, 7) is 6.39. The summed E-state index contributed by atoms with van der Waals surface area (Å²) < 4.78 is 5.18. The summed E-state index contributed by atoms with van der Waals surface area (Å²) in [4.78, 5) is 25.8. The lowest BCUT2D eigenvalue weighted by molar-refractivity contribution is -0.129. The Labute approximate surface area is 136 Å². The highest BCUT2D eigenvalue weighted by atomic mass is 16.6. The van der Waals surface area contributed by atoms with Crippen molar-refractivity contribution in [1.82, 2.24) is 10.2 Å². The first kappa shape index (κ1) is 16.8. The van der Waals surface area contributed by atoms with Gasteiger partial charge in [-0.25, -0.2) is 4.79 Å². The van der Waals surface area contributed by atoms with Crippen LogP contribution in [0, 0.1) is 11.3 Å². The fraction of sp³-hybridized carbons (Fsp3) is 0.471. The van der Waals surface area contributed by atoms with Gasteiger partial charge in [0.25, 0.3) is 0 Å². The lowest BCUT2D eigenvalue weighted by Gasteiger charge is -2.21. The smallest absolute Gasteiger partial charge is 0.408 e. The van der Waals surface area contributed by atoms with E-state index in [1.54, 1.807) is 37.8 Å². The fourth-order valence-corrected chi connectivity index (χ4v) is 2.38. The van der Waals surface area contributed by atoms with Crippen molar-refractivity contribution in [2.24, 2.45) is 0 Å². The van der Waals surface area contributed by atoms with Crippen molar-refractivity contribution in [1.29, 1.82) is 5.26 Å². The maximum Gasteiger partial charge on any atom is 0.408 e. The van der Waals surface area contributed by atoms with Crippen LogP contribution in [0.25, 0.3) is 0 Å².